The summed E-state index contributed by atoms with van der Waals surface area (Å²) in [6.45, 7) is 0.559. The molecule has 3 rings (SSSR count). The van der Waals surface area contributed by atoms with Crippen molar-refractivity contribution in [2.24, 2.45) is 0 Å². The molecule has 1 aromatic carbocycles. The third kappa shape index (κ3) is 2.43. The Hall–Kier alpha value is -1.98. The molecule has 0 aliphatic heterocycles. The molecule has 0 amide bonds. The number of aliphatic hydroxyl groups is 1. The highest BCUT2D eigenvalue weighted by Gasteiger charge is 2.15. The molecule has 2 heterocycles. The molecular formula is C14H13N3OS. The molecule has 0 aliphatic rings. The van der Waals surface area contributed by atoms with Crippen LogP contribution in [0.4, 0.5) is 0 Å². The van der Waals surface area contributed by atoms with Crippen LogP contribution in [0.1, 0.15) is 11.3 Å². The van der Waals surface area contributed by atoms with Gasteiger partial charge in [-0.25, -0.2) is 4.68 Å². The number of hydrogen-bond donors (Lipinski definition) is 1. The van der Waals surface area contributed by atoms with Crippen molar-refractivity contribution in [1.82, 2.24) is 15.0 Å². The Labute approximate surface area is 115 Å². The zero-order valence-electron chi connectivity index (χ0n) is 10.2. The lowest BCUT2D eigenvalue weighted by atomic mass is 10.2. The fraction of sp³-hybridized carbons (Fsp3) is 0.143. The highest BCUT2D eigenvalue weighted by molar-refractivity contribution is 7.13. The first-order valence-electron chi connectivity index (χ1n) is 5.99. The van der Waals surface area contributed by atoms with Crippen LogP contribution in [0.15, 0.2) is 47.8 Å². The SMILES string of the molecule is OCc1nnn(Cc2ccccc2)c1-c1cccs1. The van der Waals surface area contributed by atoms with Gasteiger partial charge in [-0.15, -0.1) is 16.4 Å². The minimum Gasteiger partial charge on any atom is -0.390 e. The van der Waals surface area contributed by atoms with Gasteiger partial charge in [0.25, 0.3) is 0 Å². The van der Waals surface area contributed by atoms with Crippen LogP contribution >= 0.6 is 11.3 Å². The van der Waals surface area contributed by atoms with Crippen LogP contribution < -0.4 is 0 Å². The van der Waals surface area contributed by atoms with E-state index in [1.54, 1.807) is 11.3 Å². The van der Waals surface area contributed by atoms with Crippen LogP contribution in [0.2, 0.25) is 0 Å². The molecule has 0 radical (unpaired) electrons. The second-order valence-corrected chi connectivity index (χ2v) is 5.11. The predicted octanol–water partition coefficient (Wildman–Crippen LogP) is 2.55. The van der Waals surface area contributed by atoms with Gasteiger partial charge in [0.2, 0.25) is 0 Å². The standard InChI is InChI=1S/C14H13N3OS/c18-10-12-14(13-7-4-8-19-13)17(16-15-12)9-11-5-2-1-3-6-11/h1-8,18H,9-10H2. The van der Waals surface area contributed by atoms with E-state index in [1.807, 2.05) is 40.4 Å². The fourth-order valence-electron chi connectivity index (χ4n) is 2.01. The quantitative estimate of drug-likeness (QED) is 0.793. The van der Waals surface area contributed by atoms with E-state index in [-0.39, 0.29) is 6.61 Å². The van der Waals surface area contributed by atoms with Gasteiger partial charge in [-0.05, 0) is 17.0 Å². The van der Waals surface area contributed by atoms with Crippen molar-refractivity contribution < 1.29 is 5.11 Å². The topological polar surface area (TPSA) is 50.9 Å². The zero-order chi connectivity index (χ0) is 13.1. The van der Waals surface area contributed by atoms with Crippen molar-refractivity contribution in [3.8, 4) is 10.6 Å². The average Bonchev–Trinajstić information content (AvgIpc) is 3.08. The lowest BCUT2D eigenvalue weighted by molar-refractivity contribution is 0.277. The summed E-state index contributed by atoms with van der Waals surface area (Å²) in [5, 5.41) is 19.6. The number of thiophene rings is 1. The van der Waals surface area contributed by atoms with Crippen molar-refractivity contribution in [3.63, 3.8) is 0 Å². The van der Waals surface area contributed by atoms with Crippen LogP contribution in [0.25, 0.3) is 10.6 Å². The molecule has 0 fully saturated rings. The summed E-state index contributed by atoms with van der Waals surface area (Å²) in [6, 6.07) is 14.1. The van der Waals surface area contributed by atoms with Gasteiger partial charge in [0.05, 0.1) is 18.0 Å². The van der Waals surface area contributed by atoms with Crippen molar-refractivity contribution in [2.45, 2.75) is 13.2 Å². The van der Waals surface area contributed by atoms with Gasteiger partial charge in [-0.2, -0.15) is 0 Å². The normalized spacial score (nSPS) is 10.8. The van der Waals surface area contributed by atoms with Crippen LogP contribution in [0, 0.1) is 0 Å². The molecule has 5 heteroatoms. The van der Waals surface area contributed by atoms with Crippen molar-refractivity contribution in [3.05, 3.63) is 59.1 Å². The van der Waals surface area contributed by atoms with Crippen LogP contribution in [-0.2, 0) is 13.2 Å². The first kappa shape index (κ1) is 12.1. The molecule has 0 bridgehead atoms. The van der Waals surface area contributed by atoms with Gasteiger partial charge in [-0.1, -0.05) is 41.6 Å². The number of hydrogen-bond acceptors (Lipinski definition) is 4. The van der Waals surface area contributed by atoms with Crippen LogP contribution in [0.3, 0.4) is 0 Å². The predicted molar refractivity (Wildman–Crippen MR) is 74.8 cm³/mol. The molecule has 4 nitrogen and oxygen atoms in total. The largest absolute Gasteiger partial charge is 0.390 e. The molecule has 0 saturated heterocycles. The third-order valence-corrected chi connectivity index (χ3v) is 3.76. The van der Waals surface area contributed by atoms with Crippen LogP contribution in [-0.4, -0.2) is 20.1 Å². The summed E-state index contributed by atoms with van der Waals surface area (Å²) in [4.78, 5) is 1.07. The van der Waals surface area contributed by atoms with E-state index in [9.17, 15) is 5.11 Å². The van der Waals surface area contributed by atoms with Crippen molar-refractivity contribution in [1.29, 1.82) is 0 Å². The Bertz CT molecular complexity index is 647. The lowest BCUT2D eigenvalue weighted by Gasteiger charge is -2.06. The summed E-state index contributed by atoms with van der Waals surface area (Å²) in [7, 11) is 0. The number of nitrogens with zero attached hydrogens (tertiary/aromatic N) is 3. The van der Waals surface area contributed by atoms with Crippen LogP contribution in [0.5, 0.6) is 0 Å². The molecule has 0 atom stereocenters. The maximum atomic E-state index is 9.39. The number of aromatic nitrogens is 3. The van der Waals surface area contributed by atoms with E-state index >= 15 is 0 Å². The second-order valence-electron chi connectivity index (χ2n) is 4.16. The Morgan fingerprint density at radius 2 is 1.95 bits per heavy atom. The molecule has 96 valence electrons. The average molecular weight is 271 g/mol. The summed E-state index contributed by atoms with van der Waals surface area (Å²) < 4.78 is 1.84. The molecule has 1 N–H and O–H groups in total. The third-order valence-electron chi connectivity index (χ3n) is 2.88. The van der Waals surface area contributed by atoms with Gasteiger partial charge in [0.15, 0.2) is 0 Å². The molecule has 0 saturated carbocycles. The van der Waals surface area contributed by atoms with Gasteiger partial charge in [0.1, 0.15) is 11.4 Å². The highest BCUT2D eigenvalue weighted by Crippen LogP contribution is 2.27. The maximum Gasteiger partial charge on any atom is 0.117 e. The van der Waals surface area contributed by atoms with E-state index in [0.717, 1.165) is 16.1 Å². The minimum atomic E-state index is -0.0952. The zero-order valence-corrected chi connectivity index (χ0v) is 11.0. The summed E-state index contributed by atoms with van der Waals surface area (Å²) in [6.07, 6.45) is 0. The first-order chi connectivity index (χ1) is 9.38. The summed E-state index contributed by atoms with van der Waals surface area (Å²) in [5.41, 5.74) is 2.69. The Kier molecular flexibility index (Phi) is 3.39. The monoisotopic (exact) mass is 271 g/mol. The summed E-state index contributed by atoms with van der Waals surface area (Å²) >= 11 is 1.62. The van der Waals surface area contributed by atoms with E-state index < -0.39 is 0 Å². The Balaban J connectivity index is 2.00. The summed E-state index contributed by atoms with van der Waals surface area (Å²) in [5.74, 6) is 0. The number of benzene rings is 1. The Morgan fingerprint density at radius 1 is 1.11 bits per heavy atom. The van der Waals surface area contributed by atoms with Crippen molar-refractivity contribution >= 4 is 11.3 Å². The smallest absolute Gasteiger partial charge is 0.117 e. The van der Waals surface area contributed by atoms with Gasteiger partial charge in [-0.3, -0.25) is 0 Å². The first-order valence-corrected chi connectivity index (χ1v) is 6.87. The maximum absolute atomic E-state index is 9.39. The van der Waals surface area contributed by atoms with Crippen molar-refractivity contribution in [2.75, 3.05) is 0 Å². The van der Waals surface area contributed by atoms with E-state index in [1.165, 1.54) is 0 Å². The van der Waals surface area contributed by atoms with E-state index in [4.69, 9.17) is 0 Å². The van der Waals surface area contributed by atoms with Gasteiger partial charge >= 0.3 is 0 Å². The number of rotatable bonds is 4. The molecule has 0 unspecified atom stereocenters. The molecule has 3 aromatic rings. The van der Waals surface area contributed by atoms with E-state index in [2.05, 4.69) is 22.4 Å². The van der Waals surface area contributed by atoms with E-state index in [0.29, 0.717) is 12.2 Å². The van der Waals surface area contributed by atoms with Gasteiger partial charge < -0.3 is 5.11 Å². The molecule has 19 heavy (non-hydrogen) atoms. The molecule has 2 aromatic heterocycles. The lowest BCUT2D eigenvalue weighted by Crippen LogP contribution is -2.03. The second kappa shape index (κ2) is 5.34. The molecule has 0 aliphatic carbocycles. The minimum absolute atomic E-state index is 0.0952. The molecule has 0 spiro atoms. The van der Waals surface area contributed by atoms with Gasteiger partial charge in [0, 0.05) is 0 Å². The highest BCUT2D eigenvalue weighted by atomic mass is 32.1. The number of aliphatic hydroxyl groups excluding tert-OH is 1. The Morgan fingerprint density at radius 3 is 2.63 bits per heavy atom. The molecular weight excluding hydrogens is 258 g/mol. The fourth-order valence-corrected chi connectivity index (χ4v) is 2.80.